The first-order valence-corrected chi connectivity index (χ1v) is 11.6. The minimum absolute atomic E-state index is 0.209. The average Bonchev–Trinajstić information content (AvgIpc) is 3.38. The smallest absolute Gasteiger partial charge is 0.190 e. The molecule has 7 nitrogen and oxygen atoms in total. The Kier molecular flexibility index (Phi) is 5.73. The van der Waals surface area contributed by atoms with Gasteiger partial charge in [-0.15, -0.1) is 0 Å². The molecule has 8 heteroatoms. The van der Waals surface area contributed by atoms with Gasteiger partial charge in [-0.2, -0.15) is 0 Å². The number of thiazole rings is 1. The summed E-state index contributed by atoms with van der Waals surface area (Å²) in [5.74, 6) is 1.64. The first-order valence-electron chi connectivity index (χ1n) is 10.7. The summed E-state index contributed by atoms with van der Waals surface area (Å²) >= 11 is 1.52. The molecule has 3 aromatic heterocycles. The number of benzene rings is 1. The number of aliphatic hydroxyl groups excluding tert-OH is 1. The number of pyridine rings is 2. The molecule has 0 aliphatic carbocycles. The van der Waals surface area contributed by atoms with Gasteiger partial charge in [0.1, 0.15) is 22.0 Å². The second-order valence-electron chi connectivity index (χ2n) is 8.26. The lowest BCUT2D eigenvalue weighted by Crippen LogP contribution is -2.21. The van der Waals surface area contributed by atoms with E-state index in [4.69, 9.17) is 4.98 Å². The molecule has 32 heavy (non-hydrogen) atoms. The molecular weight excluding hydrogens is 420 g/mol. The molecule has 1 saturated heterocycles. The van der Waals surface area contributed by atoms with Gasteiger partial charge in [0.25, 0.3) is 0 Å². The Labute approximate surface area is 191 Å². The van der Waals surface area contributed by atoms with Gasteiger partial charge >= 0.3 is 0 Å². The van der Waals surface area contributed by atoms with Gasteiger partial charge in [-0.1, -0.05) is 29.0 Å². The van der Waals surface area contributed by atoms with Gasteiger partial charge in [0.05, 0.1) is 6.10 Å². The first-order chi connectivity index (χ1) is 15.5. The van der Waals surface area contributed by atoms with Gasteiger partial charge in [0.15, 0.2) is 5.13 Å². The zero-order chi connectivity index (χ0) is 22.1. The van der Waals surface area contributed by atoms with Crippen LogP contribution in [0.3, 0.4) is 0 Å². The van der Waals surface area contributed by atoms with Crippen molar-refractivity contribution in [2.45, 2.75) is 26.0 Å². The van der Waals surface area contributed by atoms with Gasteiger partial charge in [0, 0.05) is 38.6 Å². The number of nitrogens with zero attached hydrogens (tertiary/aromatic N) is 5. The molecule has 0 bridgehead atoms. The van der Waals surface area contributed by atoms with E-state index in [9.17, 15) is 5.11 Å². The Balaban J connectivity index is 1.32. The Hall–Kier alpha value is -3.07. The number of hydrogen-bond acceptors (Lipinski definition) is 8. The van der Waals surface area contributed by atoms with Gasteiger partial charge < -0.3 is 15.3 Å². The molecule has 1 aliphatic rings. The molecule has 1 aliphatic heterocycles. The fourth-order valence-corrected chi connectivity index (χ4v) is 4.75. The van der Waals surface area contributed by atoms with Gasteiger partial charge in [-0.05, 0) is 55.3 Å². The molecular formula is C24H26N6OS. The second-order valence-corrected chi connectivity index (χ2v) is 9.24. The summed E-state index contributed by atoms with van der Waals surface area (Å²) in [5.41, 5.74) is 4.36. The molecule has 5 rings (SSSR count). The number of hydrogen-bond donors (Lipinski definition) is 2. The van der Waals surface area contributed by atoms with E-state index in [0.717, 1.165) is 64.4 Å². The number of aromatic nitrogens is 3. The maximum atomic E-state index is 9.74. The standard InChI is InChI=1S/C24H26N6OS/c1-16-3-5-18(6-4-16)29(2)22-8-7-20-23(28-22)32-24(26-20)27-21-13-17(9-11-25-21)14-30-12-10-19(31)15-30/h3-9,11,13,19,31H,10,12,14-15H2,1-2H3,(H,25,26,27). The molecule has 2 N–H and O–H groups in total. The Morgan fingerprint density at radius 1 is 1.16 bits per heavy atom. The number of likely N-dealkylation sites (tertiary alicyclic amines) is 1. The molecule has 1 atom stereocenters. The summed E-state index contributed by atoms with van der Waals surface area (Å²) in [7, 11) is 2.02. The maximum Gasteiger partial charge on any atom is 0.190 e. The molecule has 1 unspecified atom stereocenters. The van der Waals surface area contributed by atoms with E-state index in [-0.39, 0.29) is 6.10 Å². The summed E-state index contributed by atoms with van der Waals surface area (Å²) in [6.07, 6.45) is 2.44. The number of fused-ring (bicyclic) bond motifs is 1. The van der Waals surface area contributed by atoms with Crippen LogP contribution in [0.2, 0.25) is 0 Å². The van der Waals surface area contributed by atoms with Crippen molar-refractivity contribution in [1.82, 2.24) is 19.9 Å². The van der Waals surface area contributed by atoms with Crippen LogP contribution in [-0.2, 0) is 6.54 Å². The van der Waals surface area contributed by atoms with Crippen molar-refractivity contribution in [3.05, 3.63) is 65.9 Å². The third kappa shape index (κ3) is 4.57. The van der Waals surface area contributed by atoms with E-state index in [1.54, 1.807) is 0 Å². The van der Waals surface area contributed by atoms with Crippen LogP contribution in [0.4, 0.5) is 22.5 Å². The highest BCUT2D eigenvalue weighted by molar-refractivity contribution is 7.21. The van der Waals surface area contributed by atoms with Crippen LogP contribution in [0.1, 0.15) is 17.5 Å². The minimum atomic E-state index is -0.209. The van der Waals surface area contributed by atoms with E-state index in [2.05, 4.69) is 56.3 Å². The summed E-state index contributed by atoms with van der Waals surface area (Å²) in [6.45, 7) is 4.55. The fraction of sp³-hybridized carbons (Fsp3) is 0.292. The van der Waals surface area contributed by atoms with E-state index in [1.165, 1.54) is 16.9 Å². The monoisotopic (exact) mass is 446 g/mol. The normalized spacial score (nSPS) is 16.5. The zero-order valence-electron chi connectivity index (χ0n) is 18.2. The van der Waals surface area contributed by atoms with Crippen LogP contribution in [0.15, 0.2) is 54.7 Å². The van der Waals surface area contributed by atoms with Gasteiger partial charge in [-0.25, -0.2) is 15.0 Å². The average molecular weight is 447 g/mol. The molecule has 0 spiro atoms. The predicted octanol–water partition coefficient (Wildman–Crippen LogP) is 4.47. The van der Waals surface area contributed by atoms with Crippen LogP contribution < -0.4 is 10.2 Å². The molecule has 1 aromatic carbocycles. The molecule has 0 amide bonds. The highest BCUT2D eigenvalue weighted by Gasteiger charge is 2.20. The molecule has 4 aromatic rings. The second kappa shape index (κ2) is 8.82. The predicted molar refractivity (Wildman–Crippen MR) is 130 cm³/mol. The quantitative estimate of drug-likeness (QED) is 0.452. The van der Waals surface area contributed by atoms with Crippen LogP contribution in [0.5, 0.6) is 0 Å². The molecule has 0 radical (unpaired) electrons. The lowest BCUT2D eigenvalue weighted by atomic mass is 10.2. The highest BCUT2D eigenvalue weighted by atomic mass is 32.1. The Bertz CT molecular complexity index is 1220. The third-order valence-corrected chi connectivity index (χ3v) is 6.60. The summed E-state index contributed by atoms with van der Waals surface area (Å²) in [5, 5.41) is 13.8. The van der Waals surface area contributed by atoms with Crippen molar-refractivity contribution in [2.75, 3.05) is 30.4 Å². The van der Waals surface area contributed by atoms with Crippen molar-refractivity contribution in [3.63, 3.8) is 0 Å². The topological polar surface area (TPSA) is 77.4 Å². The van der Waals surface area contributed by atoms with E-state index < -0.39 is 0 Å². The summed E-state index contributed by atoms with van der Waals surface area (Å²) < 4.78 is 0. The largest absolute Gasteiger partial charge is 0.392 e. The summed E-state index contributed by atoms with van der Waals surface area (Å²) in [6, 6.07) is 16.5. The first kappa shape index (κ1) is 20.8. The Morgan fingerprint density at radius 3 is 2.78 bits per heavy atom. The zero-order valence-corrected chi connectivity index (χ0v) is 19.0. The molecule has 0 saturated carbocycles. The number of rotatable bonds is 6. The number of β-amino-alcohol motifs (C(OH)–C–C–N with tert-alkyl or cyclic N) is 1. The lowest BCUT2D eigenvalue weighted by molar-refractivity contribution is 0.175. The lowest BCUT2D eigenvalue weighted by Gasteiger charge is -2.18. The molecule has 164 valence electrons. The van der Waals surface area contributed by atoms with Gasteiger partial charge in [0.2, 0.25) is 0 Å². The van der Waals surface area contributed by atoms with E-state index >= 15 is 0 Å². The fourth-order valence-electron chi connectivity index (χ4n) is 3.91. The number of anilines is 4. The van der Waals surface area contributed by atoms with Crippen molar-refractivity contribution < 1.29 is 5.11 Å². The summed E-state index contributed by atoms with van der Waals surface area (Å²) in [4.78, 5) is 19.2. The number of aliphatic hydroxyl groups is 1. The Morgan fingerprint density at radius 2 is 2.00 bits per heavy atom. The van der Waals surface area contributed by atoms with Crippen molar-refractivity contribution >= 4 is 44.1 Å². The van der Waals surface area contributed by atoms with Crippen LogP contribution in [0.25, 0.3) is 10.3 Å². The highest BCUT2D eigenvalue weighted by Crippen LogP contribution is 2.30. The van der Waals surface area contributed by atoms with E-state index in [1.807, 2.05) is 37.5 Å². The van der Waals surface area contributed by atoms with Crippen LogP contribution >= 0.6 is 11.3 Å². The molecule has 4 heterocycles. The SMILES string of the molecule is Cc1ccc(N(C)c2ccc3nc(Nc4cc(CN5CCC(O)C5)ccn4)sc3n2)cc1. The van der Waals surface area contributed by atoms with Crippen molar-refractivity contribution in [2.24, 2.45) is 0 Å². The van der Waals surface area contributed by atoms with Crippen LogP contribution in [-0.4, -0.2) is 51.2 Å². The third-order valence-electron chi connectivity index (χ3n) is 5.72. The maximum absolute atomic E-state index is 9.74. The van der Waals surface area contributed by atoms with Gasteiger partial charge in [-0.3, -0.25) is 4.90 Å². The van der Waals surface area contributed by atoms with Crippen LogP contribution in [0, 0.1) is 6.92 Å². The van der Waals surface area contributed by atoms with Crippen molar-refractivity contribution in [3.8, 4) is 0 Å². The number of aryl methyl sites for hydroxylation is 1. The minimum Gasteiger partial charge on any atom is -0.392 e. The number of nitrogens with one attached hydrogen (secondary N) is 1. The van der Waals surface area contributed by atoms with E-state index in [0.29, 0.717) is 0 Å². The molecule has 1 fully saturated rings. The van der Waals surface area contributed by atoms with Crippen molar-refractivity contribution in [1.29, 1.82) is 0 Å².